The van der Waals surface area contributed by atoms with Gasteiger partial charge in [-0.1, -0.05) is 54.6 Å². The van der Waals surface area contributed by atoms with E-state index >= 15 is 0 Å². The first-order valence-electron chi connectivity index (χ1n) is 13.1. The molecule has 0 fully saturated rings. The Bertz CT molecular complexity index is 1720. The summed E-state index contributed by atoms with van der Waals surface area (Å²) in [5, 5.41) is 4.27. The van der Waals surface area contributed by atoms with Crippen LogP contribution in [-0.2, 0) is 9.53 Å². The van der Waals surface area contributed by atoms with Crippen LogP contribution < -0.4 is 14.8 Å². The fourth-order valence-electron chi connectivity index (χ4n) is 4.43. The Hall–Kier alpha value is -5.38. The van der Waals surface area contributed by atoms with Crippen LogP contribution in [0.25, 0.3) is 21.9 Å². The molecule has 0 radical (unpaired) electrons. The van der Waals surface area contributed by atoms with Gasteiger partial charge in [-0.25, -0.2) is 0 Å². The summed E-state index contributed by atoms with van der Waals surface area (Å²) in [6.07, 6.45) is -3.32. The van der Waals surface area contributed by atoms with E-state index in [4.69, 9.17) is 9.47 Å². The van der Waals surface area contributed by atoms with Crippen LogP contribution in [0.5, 0.6) is 17.2 Å². The number of hydrogen-bond donors (Lipinski definition) is 1. The van der Waals surface area contributed by atoms with E-state index in [0.29, 0.717) is 16.9 Å². The van der Waals surface area contributed by atoms with Gasteiger partial charge in [-0.3, -0.25) is 14.6 Å². The molecule has 0 aliphatic carbocycles. The number of aromatic nitrogens is 1. The maximum atomic E-state index is 13.3. The summed E-state index contributed by atoms with van der Waals surface area (Å²) in [5.41, 5.74) is 2.88. The number of rotatable bonds is 9. The van der Waals surface area contributed by atoms with Gasteiger partial charge in [0.05, 0.1) is 19.6 Å². The van der Waals surface area contributed by atoms with E-state index < -0.39 is 24.3 Å². The van der Waals surface area contributed by atoms with Crippen LogP contribution in [0, 0.1) is 0 Å². The first-order valence-corrected chi connectivity index (χ1v) is 13.1. The largest absolute Gasteiger partial charge is 0.573 e. The number of pyridine rings is 1. The summed E-state index contributed by atoms with van der Waals surface area (Å²) in [6.45, 7) is 0. The van der Waals surface area contributed by atoms with Crippen molar-refractivity contribution in [2.75, 3.05) is 7.11 Å². The molecule has 1 heterocycles. The lowest BCUT2D eigenvalue weighted by atomic mass is 9.99. The maximum Gasteiger partial charge on any atom is 0.573 e. The molecule has 0 bridgehead atoms. The summed E-state index contributed by atoms with van der Waals surface area (Å²) in [5.74, 6) is -0.641. The van der Waals surface area contributed by atoms with E-state index in [1.165, 1.54) is 19.2 Å². The van der Waals surface area contributed by atoms with E-state index in [2.05, 4.69) is 15.0 Å². The molecule has 218 valence electrons. The number of methoxy groups -OCH3 is 1. The number of amides is 1. The van der Waals surface area contributed by atoms with Crippen molar-refractivity contribution in [3.63, 3.8) is 0 Å². The number of nitrogens with one attached hydrogen (secondary N) is 1. The molecule has 4 aromatic carbocycles. The zero-order valence-electron chi connectivity index (χ0n) is 22.8. The molecular weight excluding hydrogens is 561 g/mol. The third-order valence-electron chi connectivity index (χ3n) is 6.54. The lowest BCUT2D eigenvalue weighted by Crippen LogP contribution is -2.31. The van der Waals surface area contributed by atoms with Crippen molar-refractivity contribution < 1.29 is 37.0 Å². The average molecular weight is 587 g/mol. The Morgan fingerprint density at radius 2 is 1.44 bits per heavy atom. The highest BCUT2D eigenvalue weighted by atomic mass is 19.4. The average Bonchev–Trinajstić information content (AvgIpc) is 3.01. The summed E-state index contributed by atoms with van der Waals surface area (Å²) >= 11 is 0. The molecule has 0 aliphatic heterocycles. The van der Waals surface area contributed by atoms with Crippen molar-refractivity contribution in [1.82, 2.24) is 10.3 Å². The minimum Gasteiger partial charge on any atom is -0.469 e. The Morgan fingerprint density at radius 3 is 2.12 bits per heavy atom. The summed E-state index contributed by atoms with van der Waals surface area (Å²) < 4.78 is 51.8. The molecule has 7 nitrogen and oxygen atoms in total. The molecule has 1 atom stereocenters. The zero-order valence-corrected chi connectivity index (χ0v) is 22.8. The number of nitrogens with zero attached hydrogens (tertiary/aromatic N) is 1. The second-order valence-corrected chi connectivity index (χ2v) is 9.49. The van der Waals surface area contributed by atoms with Gasteiger partial charge < -0.3 is 19.5 Å². The summed E-state index contributed by atoms with van der Waals surface area (Å²) in [7, 11) is 1.29. The second kappa shape index (κ2) is 12.6. The van der Waals surface area contributed by atoms with Gasteiger partial charge in [0.25, 0.3) is 5.91 Å². The molecule has 1 aromatic heterocycles. The topological polar surface area (TPSA) is 86.8 Å². The second-order valence-electron chi connectivity index (χ2n) is 9.49. The Balaban J connectivity index is 1.33. The van der Waals surface area contributed by atoms with Crippen LogP contribution in [0.3, 0.4) is 0 Å². The fraction of sp³-hybridized carbons (Fsp3) is 0.121. The van der Waals surface area contributed by atoms with E-state index in [-0.39, 0.29) is 17.9 Å². The summed E-state index contributed by atoms with van der Waals surface area (Å²) in [4.78, 5) is 29.8. The van der Waals surface area contributed by atoms with Gasteiger partial charge in [0, 0.05) is 11.6 Å². The number of carbonyl (C=O) groups excluding carboxylic acids is 2. The number of alkyl halides is 3. The van der Waals surface area contributed by atoms with Crippen LogP contribution in [0.1, 0.15) is 28.5 Å². The van der Waals surface area contributed by atoms with Gasteiger partial charge >= 0.3 is 12.3 Å². The smallest absolute Gasteiger partial charge is 0.469 e. The van der Waals surface area contributed by atoms with Crippen molar-refractivity contribution in [1.29, 1.82) is 0 Å². The number of hydrogen-bond acceptors (Lipinski definition) is 6. The quantitative estimate of drug-likeness (QED) is 0.179. The monoisotopic (exact) mass is 586 g/mol. The molecule has 10 heteroatoms. The molecule has 5 aromatic rings. The van der Waals surface area contributed by atoms with Crippen molar-refractivity contribution in [3.8, 4) is 28.4 Å². The fourth-order valence-corrected chi connectivity index (χ4v) is 4.43. The van der Waals surface area contributed by atoms with E-state index in [1.807, 2.05) is 54.6 Å². The van der Waals surface area contributed by atoms with Gasteiger partial charge in [0.15, 0.2) is 0 Å². The van der Waals surface area contributed by atoms with Gasteiger partial charge in [0.2, 0.25) is 0 Å². The number of benzene rings is 4. The lowest BCUT2D eigenvalue weighted by Gasteiger charge is -2.19. The number of carbonyl (C=O) groups is 2. The Kier molecular flexibility index (Phi) is 8.56. The van der Waals surface area contributed by atoms with Crippen LogP contribution in [0.2, 0.25) is 0 Å². The number of ether oxygens (including phenoxy) is 3. The molecule has 0 spiro atoms. The first kappa shape index (κ1) is 29.1. The molecule has 1 amide bonds. The Labute approximate surface area is 244 Å². The van der Waals surface area contributed by atoms with Crippen molar-refractivity contribution in [2.24, 2.45) is 0 Å². The standard InChI is InChI=1S/C33H25F3N2O5/c1-41-31(39)19-29(23-9-7-22(8-10-23)21-5-3-2-4-6-21)38-32(40)30-18-25-17-28(12-11-24(25)20-37-30)42-26-13-15-27(16-14-26)43-33(34,35)36/h2-18,20,29H,19H2,1H3,(H,38,40). The predicted molar refractivity (Wildman–Crippen MR) is 154 cm³/mol. The van der Waals surface area contributed by atoms with Gasteiger partial charge in [0.1, 0.15) is 22.9 Å². The minimum absolute atomic E-state index is 0.0781. The van der Waals surface area contributed by atoms with Gasteiger partial charge in [-0.15, -0.1) is 13.2 Å². The molecular formula is C33H25F3N2O5. The maximum absolute atomic E-state index is 13.3. The first-order chi connectivity index (χ1) is 20.7. The highest BCUT2D eigenvalue weighted by molar-refractivity contribution is 5.97. The predicted octanol–water partition coefficient (Wildman–Crippen LogP) is 7.63. The number of halogens is 3. The molecule has 0 saturated heterocycles. The van der Waals surface area contributed by atoms with Crippen LogP contribution >= 0.6 is 0 Å². The molecule has 1 N–H and O–H groups in total. The third-order valence-corrected chi connectivity index (χ3v) is 6.54. The summed E-state index contributed by atoms with van der Waals surface area (Å²) in [6, 6.07) is 28.4. The number of esters is 1. The molecule has 43 heavy (non-hydrogen) atoms. The van der Waals surface area contributed by atoms with Crippen LogP contribution in [0.4, 0.5) is 13.2 Å². The minimum atomic E-state index is -4.79. The Morgan fingerprint density at radius 1 is 0.791 bits per heavy atom. The number of fused-ring (bicyclic) bond motifs is 1. The molecule has 0 aliphatic rings. The highest BCUT2D eigenvalue weighted by Crippen LogP contribution is 2.30. The van der Waals surface area contributed by atoms with E-state index in [9.17, 15) is 22.8 Å². The van der Waals surface area contributed by atoms with E-state index in [0.717, 1.165) is 34.2 Å². The van der Waals surface area contributed by atoms with Crippen molar-refractivity contribution >= 4 is 22.6 Å². The van der Waals surface area contributed by atoms with Gasteiger partial charge in [-0.05, 0) is 70.6 Å². The van der Waals surface area contributed by atoms with Crippen molar-refractivity contribution in [2.45, 2.75) is 18.8 Å². The van der Waals surface area contributed by atoms with Crippen LogP contribution in [-0.4, -0.2) is 30.3 Å². The van der Waals surface area contributed by atoms with E-state index in [1.54, 1.807) is 30.5 Å². The van der Waals surface area contributed by atoms with Gasteiger partial charge in [-0.2, -0.15) is 0 Å². The highest BCUT2D eigenvalue weighted by Gasteiger charge is 2.31. The normalized spacial score (nSPS) is 11.9. The third kappa shape index (κ3) is 7.68. The molecule has 5 rings (SSSR count). The van der Waals surface area contributed by atoms with Crippen LogP contribution in [0.15, 0.2) is 109 Å². The lowest BCUT2D eigenvalue weighted by molar-refractivity contribution is -0.274. The molecule has 1 unspecified atom stereocenters. The van der Waals surface area contributed by atoms with Crippen molar-refractivity contribution in [3.05, 3.63) is 121 Å². The molecule has 0 saturated carbocycles. The SMILES string of the molecule is COC(=O)CC(NC(=O)c1cc2cc(Oc3ccc(OC(F)(F)F)cc3)ccc2cn1)c1ccc(-c2ccccc2)cc1. The zero-order chi connectivity index (χ0) is 30.4.